The van der Waals surface area contributed by atoms with Crippen LogP contribution in [0.5, 0.6) is 0 Å². The van der Waals surface area contributed by atoms with Gasteiger partial charge in [-0.1, -0.05) is 12.1 Å². The van der Waals surface area contributed by atoms with E-state index in [2.05, 4.69) is 16.4 Å². The highest BCUT2D eigenvalue weighted by atomic mass is 32.1. The molecule has 0 aliphatic carbocycles. The van der Waals surface area contributed by atoms with Gasteiger partial charge in [0, 0.05) is 6.42 Å². The van der Waals surface area contributed by atoms with Gasteiger partial charge in [0.2, 0.25) is 5.91 Å². The third-order valence-corrected chi connectivity index (χ3v) is 6.00. The fourth-order valence-corrected chi connectivity index (χ4v) is 4.56. The van der Waals surface area contributed by atoms with E-state index in [-0.39, 0.29) is 11.9 Å². The summed E-state index contributed by atoms with van der Waals surface area (Å²) >= 11 is 2.93. The topological polar surface area (TPSA) is 68.3 Å². The molecule has 0 atom stereocenters. The Kier molecular flexibility index (Phi) is 6.00. The van der Waals surface area contributed by atoms with Crippen molar-refractivity contribution in [2.75, 3.05) is 11.9 Å². The number of ether oxygens (including phenoxy) is 1. The first-order valence-electron chi connectivity index (χ1n) is 8.48. The smallest absolute Gasteiger partial charge is 0.348 e. The monoisotopic (exact) mass is 388 g/mol. The van der Waals surface area contributed by atoms with Crippen LogP contribution in [0.3, 0.4) is 0 Å². The minimum atomic E-state index is -0.341. The Morgan fingerprint density at radius 1 is 1.23 bits per heavy atom. The fraction of sp³-hybridized carbons (Fsp3) is 0.316. The van der Waals surface area contributed by atoms with Crippen LogP contribution in [-0.4, -0.2) is 23.5 Å². The average molecular weight is 389 g/mol. The van der Waals surface area contributed by atoms with Gasteiger partial charge in [0.25, 0.3) is 0 Å². The lowest BCUT2D eigenvalue weighted by Crippen LogP contribution is -2.10. The maximum atomic E-state index is 12.2. The molecule has 7 heteroatoms. The van der Waals surface area contributed by atoms with E-state index in [0.717, 1.165) is 28.9 Å². The molecule has 1 aromatic carbocycles. The molecule has 0 fully saturated rings. The highest BCUT2D eigenvalue weighted by Crippen LogP contribution is 2.28. The van der Waals surface area contributed by atoms with Gasteiger partial charge in [-0.15, -0.1) is 22.7 Å². The predicted molar refractivity (Wildman–Crippen MR) is 106 cm³/mol. The summed E-state index contributed by atoms with van der Waals surface area (Å²) in [4.78, 5) is 29.1. The molecule has 0 spiro atoms. The SMILES string of the molecule is CCOC(=O)c1sc(NC(=O)CCCc2nc3ccccc3s2)cc1C. The number of esters is 1. The zero-order chi connectivity index (χ0) is 18.5. The number of aryl methyl sites for hydroxylation is 2. The largest absolute Gasteiger partial charge is 0.462 e. The summed E-state index contributed by atoms with van der Waals surface area (Å²) < 4.78 is 6.19. The van der Waals surface area contributed by atoms with Crippen molar-refractivity contribution in [3.05, 3.63) is 45.8 Å². The standard InChI is InChI=1S/C19H20N2O3S2/c1-3-24-19(23)18-12(2)11-17(26-18)21-15(22)9-6-10-16-20-13-7-4-5-8-14(13)25-16/h4-5,7-8,11H,3,6,9-10H2,1-2H3,(H,21,22). The Morgan fingerprint density at radius 3 is 2.81 bits per heavy atom. The number of hydrogen-bond acceptors (Lipinski definition) is 6. The van der Waals surface area contributed by atoms with Crippen molar-refractivity contribution in [1.82, 2.24) is 4.98 Å². The van der Waals surface area contributed by atoms with Crippen LogP contribution < -0.4 is 5.32 Å². The Bertz CT molecular complexity index is 897. The van der Waals surface area contributed by atoms with Crippen molar-refractivity contribution >= 4 is 49.8 Å². The number of carbonyl (C=O) groups is 2. The van der Waals surface area contributed by atoms with E-state index in [1.54, 1.807) is 18.3 Å². The minimum Gasteiger partial charge on any atom is -0.462 e. The predicted octanol–water partition coefficient (Wildman–Crippen LogP) is 4.80. The number of nitrogens with one attached hydrogen (secondary N) is 1. The van der Waals surface area contributed by atoms with Gasteiger partial charge in [0.15, 0.2) is 0 Å². The van der Waals surface area contributed by atoms with Gasteiger partial charge in [-0.05, 0) is 50.5 Å². The van der Waals surface area contributed by atoms with E-state index in [9.17, 15) is 9.59 Å². The van der Waals surface area contributed by atoms with Crippen molar-refractivity contribution in [2.45, 2.75) is 33.1 Å². The lowest BCUT2D eigenvalue weighted by Gasteiger charge is -2.01. The van der Waals surface area contributed by atoms with Gasteiger partial charge in [-0.25, -0.2) is 9.78 Å². The van der Waals surface area contributed by atoms with Crippen molar-refractivity contribution in [3.63, 3.8) is 0 Å². The van der Waals surface area contributed by atoms with E-state index >= 15 is 0 Å². The van der Waals surface area contributed by atoms with Crippen LogP contribution in [0.15, 0.2) is 30.3 Å². The molecule has 136 valence electrons. The summed E-state index contributed by atoms with van der Waals surface area (Å²) in [5.74, 6) is -0.394. The summed E-state index contributed by atoms with van der Waals surface area (Å²) in [5.41, 5.74) is 1.83. The van der Waals surface area contributed by atoms with Crippen LogP contribution in [0.2, 0.25) is 0 Å². The molecule has 2 aromatic heterocycles. The molecule has 3 rings (SSSR count). The first-order chi connectivity index (χ1) is 12.6. The molecule has 0 saturated heterocycles. The van der Waals surface area contributed by atoms with Crippen LogP contribution >= 0.6 is 22.7 Å². The number of nitrogens with zero attached hydrogens (tertiary/aromatic N) is 1. The second kappa shape index (κ2) is 8.42. The fourth-order valence-electron chi connectivity index (χ4n) is 2.57. The van der Waals surface area contributed by atoms with E-state index in [4.69, 9.17) is 4.74 Å². The lowest BCUT2D eigenvalue weighted by molar-refractivity contribution is -0.116. The van der Waals surface area contributed by atoms with Crippen LogP contribution in [-0.2, 0) is 16.0 Å². The average Bonchev–Trinajstić information content (AvgIpc) is 3.17. The molecule has 0 radical (unpaired) electrons. The molecular formula is C19H20N2O3S2. The normalized spacial score (nSPS) is 10.8. The Balaban J connectivity index is 1.51. The molecule has 1 amide bonds. The highest BCUT2D eigenvalue weighted by Gasteiger charge is 2.16. The number of carbonyl (C=O) groups excluding carboxylic acids is 2. The van der Waals surface area contributed by atoms with E-state index in [1.165, 1.54) is 16.0 Å². The van der Waals surface area contributed by atoms with Crippen molar-refractivity contribution < 1.29 is 14.3 Å². The van der Waals surface area contributed by atoms with E-state index in [0.29, 0.717) is 22.9 Å². The van der Waals surface area contributed by atoms with Crippen molar-refractivity contribution in [3.8, 4) is 0 Å². The van der Waals surface area contributed by atoms with Gasteiger partial charge in [0.1, 0.15) is 4.88 Å². The van der Waals surface area contributed by atoms with Crippen LogP contribution in [0.1, 0.15) is 40.0 Å². The molecule has 3 aromatic rings. The number of rotatable bonds is 7. The van der Waals surface area contributed by atoms with Gasteiger partial charge < -0.3 is 10.1 Å². The number of aromatic nitrogens is 1. The second-order valence-corrected chi connectivity index (χ2v) is 7.99. The number of thiazole rings is 1. The van der Waals surface area contributed by atoms with E-state index < -0.39 is 0 Å². The molecule has 0 aliphatic heterocycles. The second-order valence-electron chi connectivity index (χ2n) is 5.82. The van der Waals surface area contributed by atoms with Crippen LogP contribution in [0.25, 0.3) is 10.2 Å². The molecule has 1 N–H and O–H groups in total. The zero-order valence-electron chi connectivity index (χ0n) is 14.7. The van der Waals surface area contributed by atoms with Gasteiger partial charge in [-0.2, -0.15) is 0 Å². The minimum absolute atomic E-state index is 0.0530. The molecule has 0 bridgehead atoms. The van der Waals surface area contributed by atoms with Gasteiger partial charge in [-0.3, -0.25) is 4.79 Å². The Labute approximate surface area is 160 Å². The third-order valence-electron chi connectivity index (χ3n) is 3.77. The molecule has 0 saturated carbocycles. The van der Waals surface area contributed by atoms with Crippen molar-refractivity contribution in [1.29, 1.82) is 0 Å². The number of para-hydroxylation sites is 1. The lowest BCUT2D eigenvalue weighted by atomic mass is 10.2. The first kappa shape index (κ1) is 18.5. The summed E-state index contributed by atoms with van der Waals surface area (Å²) in [6, 6.07) is 9.85. The molecular weight excluding hydrogens is 368 g/mol. The quantitative estimate of drug-likeness (QED) is 0.590. The van der Waals surface area contributed by atoms with Gasteiger partial charge in [0.05, 0.1) is 26.8 Å². The molecule has 5 nitrogen and oxygen atoms in total. The van der Waals surface area contributed by atoms with Crippen LogP contribution in [0, 0.1) is 6.92 Å². The summed E-state index contributed by atoms with van der Waals surface area (Å²) in [7, 11) is 0. The van der Waals surface area contributed by atoms with Gasteiger partial charge >= 0.3 is 5.97 Å². The number of benzene rings is 1. The number of amides is 1. The highest BCUT2D eigenvalue weighted by molar-refractivity contribution is 7.18. The summed E-state index contributed by atoms with van der Waals surface area (Å²) in [6.07, 6.45) is 1.94. The molecule has 0 aliphatic rings. The Morgan fingerprint density at radius 2 is 2.04 bits per heavy atom. The number of anilines is 1. The first-order valence-corrected chi connectivity index (χ1v) is 10.1. The van der Waals surface area contributed by atoms with Crippen LogP contribution in [0.4, 0.5) is 5.00 Å². The number of fused-ring (bicyclic) bond motifs is 1. The maximum absolute atomic E-state index is 12.2. The third kappa shape index (κ3) is 4.47. The number of hydrogen-bond donors (Lipinski definition) is 1. The van der Waals surface area contributed by atoms with E-state index in [1.807, 2.05) is 31.2 Å². The number of thiophene rings is 1. The summed E-state index contributed by atoms with van der Waals surface area (Å²) in [6.45, 7) is 3.95. The van der Waals surface area contributed by atoms with Crippen molar-refractivity contribution in [2.24, 2.45) is 0 Å². The Hall–Kier alpha value is -2.25. The summed E-state index contributed by atoms with van der Waals surface area (Å²) in [5, 5.41) is 4.60. The zero-order valence-corrected chi connectivity index (χ0v) is 16.3. The maximum Gasteiger partial charge on any atom is 0.348 e. The molecule has 0 unspecified atom stereocenters. The molecule has 2 heterocycles. The molecule has 26 heavy (non-hydrogen) atoms.